The maximum atomic E-state index is 11.9. The van der Waals surface area contributed by atoms with Crippen LogP contribution in [0.2, 0.25) is 0 Å². The molecule has 0 spiro atoms. The lowest BCUT2D eigenvalue weighted by Gasteiger charge is -2.44. The normalized spacial score (nSPS) is 22.5. The zero-order valence-electron chi connectivity index (χ0n) is 22.8. The summed E-state index contributed by atoms with van der Waals surface area (Å²) in [6.45, 7) is 6.63. The molecular weight excluding hydrogens is 526 g/mol. The van der Waals surface area contributed by atoms with E-state index in [0.29, 0.717) is 39.3 Å². The van der Waals surface area contributed by atoms with Crippen molar-refractivity contribution in [3.8, 4) is 0 Å². The third-order valence-corrected chi connectivity index (χ3v) is 4.88. The van der Waals surface area contributed by atoms with Gasteiger partial charge in [0, 0.05) is 27.7 Å². The van der Waals surface area contributed by atoms with E-state index in [9.17, 15) is 24.0 Å². The van der Waals surface area contributed by atoms with E-state index in [1.165, 1.54) is 13.8 Å². The summed E-state index contributed by atoms with van der Waals surface area (Å²) >= 11 is 0. The van der Waals surface area contributed by atoms with E-state index < -0.39 is 54.5 Å². The molecule has 0 radical (unpaired) electrons. The van der Waals surface area contributed by atoms with Crippen molar-refractivity contribution in [1.82, 2.24) is 5.32 Å². The molecular formula is C24H39NO14. The summed E-state index contributed by atoms with van der Waals surface area (Å²) in [6, 6.07) is -1.04. The molecule has 224 valence electrons. The fraction of sp³-hybridized carbons (Fsp3) is 0.792. The van der Waals surface area contributed by atoms with Gasteiger partial charge < -0.3 is 52.7 Å². The summed E-state index contributed by atoms with van der Waals surface area (Å²) in [7, 11) is 0. The van der Waals surface area contributed by atoms with Gasteiger partial charge in [-0.1, -0.05) is 0 Å². The molecule has 0 bridgehead atoms. The number of hydrogen-bond acceptors (Lipinski definition) is 14. The van der Waals surface area contributed by atoms with Crippen LogP contribution in [0.3, 0.4) is 0 Å². The Bertz CT molecular complexity index is 763. The molecule has 1 N–H and O–H groups in total. The van der Waals surface area contributed by atoms with Crippen LogP contribution in [0.25, 0.3) is 0 Å². The van der Waals surface area contributed by atoms with Crippen LogP contribution in [-0.4, -0.2) is 127 Å². The van der Waals surface area contributed by atoms with Crippen LogP contribution in [0.5, 0.6) is 0 Å². The minimum atomic E-state index is -1.19. The molecule has 0 aromatic heterocycles. The smallest absolute Gasteiger partial charge is 0.303 e. The van der Waals surface area contributed by atoms with E-state index in [-0.39, 0.29) is 33.0 Å². The van der Waals surface area contributed by atoms with Crippen LogP contribution in [0.1, 0.15) is 27.7 Å². The number of nitrogens with one attached hydrogen (secondary N) is 1. The van der Waals surface area contributed by atoms with Gasteiger partial charge in [-0.15, -0.1) is 0 Å². The van der Waals surface area contributed by atoms with Gasteiger partial charge in [-0.25, -0.2) is 0 Å². The molecule has 1 heterocycles. The van der Waals surface area contributed by atoms with Crippen LogP contribution in [0.4, 0.5) is 0 Å². The molecule has 1 fully saturated rings. The van der Waals surface area contributed by atoms with Crippen molar-refractivity contribution in [2.24, 2.45) is 0 Å². The second-order valence-corrected chi connectivity index (χ2v) is 8.17. The maximum absolute atomic E-state index is 11.9. The molecule has 0 unspecified atom stereocenters. The predicted octanol–water partition coefficient (Wildman–Crippen LogP) is -1.08. The van der Waals surface area contributed by atoms with Crippen molar-refractivity contribution in [2.75, 3.05) is 66.1 Å². The second kappa shape index (κ2) is 20.2. The monoisotopic (exact) mass is 565 g/mol. The van der Waals surface area contributed by atoms with E-state index in [0.717, 1.165) is 13.8 Å². The molecule has 1 aliphatic rings. The predicted molar refractivity (Wildman–Crippen MR) is 129 cm³/mol. The number of esters is 3. The number of carbonyl (C=O) groups excluding carboxylic acids is 5. The van der Waals surface area contributed by atoms with Gasteiger partial charge in [0.15, 0.2) is 18.5 Å². The topological polar surface area (TPSA) is 180 Å². The number of hydrogen-bond donors (Lipinski definition) is 1. The lowest BCUT2D eigenvalue weighted by atomic mass is 9.96. The first kappa shape index (κ1) is 34.3. The Morgan fingerprint density at radius 2 is 1.23 bits per heavy atom. The Labute approximate surface area is 227 Å². The van der Waals surface area contributed by atoms with Crippen molar-refractivity contribution in [3.05, 3.63) is 0 Å². The highest BCUT2D eigenvalue weighted by Crippen LogP contribution is 2.28. The molecule has 1 aliphatic heterocycles. The standard InChI is InChI=1S/C24H39NO14/c1-16(27)25-21-23(38-19(4)30)22(37-18(3)29)20(15-36-17(2)28)39-24(21)35-14-13-34-12-11-33-10-9-32-8-7-31-6-5-26/h5,20-24H,6-15H2,1-4H3,(H,25,27)/t20-,21-,22+,23-,24-/m1/s1. The van der Waals surface area contributed by atoms with Gasteiger partial charge in [0.1, 0.15) is 31.6 Å². The lowest BCUT2D eigenvalue weighted by Crippen LogP contribution is -2.66. The van der Waals surface area contributed by atoms with Gasteiger partial charge >= 0.3 is 17.9 Å². The number of carbonyl (C=O) groups is 5. The molecule has 1 amide bonds. The first-order valence-electron chi connectivity index (χ1n) is 12.4. The van der Waals surface area contributed by atoms with E-state index in [1.54, 1.807) is 0 Å². The Morgan fingerprint density at radius 3 is 1.72 bits per heavy atom. The second-order valence-electron chi connectivity index (χ2n) is 8.17. The molecule has 15 heteroatoms. The van der Waals surface area contributed by atoms with Crippen molar-refractivity contribution >= 4 is 30.1 Å². The maximum Gasteiger partial charge on any atom is 0.303 e. The number of aldehydes is 1. The molecule has 0 aromatic rings. The average Bonchev–Trinajstić information content (AvgIpc) is 2.85. The van der Waals surface area contributed by atoms with Gasteiger partial charge in [0.2, 0.25) is 5.91 Å². The summed E-state index contributed by atoms with van der Waals surface area (Å²) in [6.07, 6.45) is -3.92. The van der Waals surface area contributed by atoms with Crippen LogP contribution in [0, 0.1) is 0 Å². The largest absolute Gasteiger partial charge is 0.463 e. The Hall–Kier alpha value is -2.69. The quantitative estimate of drug-likeness (QED) is 0.0815. The van der Waals surface area contributed by atoms with Gasteiger partial charge in [0.05, 0.1) is 52.9 Å². The number of amides is 1. The van der Waals surface area contributed by atoms with Gasteiger partial charge in [0.25, 0.3) is 0 Å². The van der Waals surface area contributed by atoms with Gasteiger partial charge in [-0.2, -0.15) is 0 Å². The van der Waals surface area contributed by atoms with Crippen LogP contribution < -0.4 is 5.32 Å². The molecule has 1 saturated heterocycles. The van der Waals surface area contributed by atoms with Crippen molar-refractivity contribution < 1.29 is 66.6 Å². The first-order chi connectivity index (χ1) is 18.6. The van der Waals surface area contributed by atoms with Crippen molar-refractivity contribution in [2.45, 2.75) is 58.3 Å². The summed E-state index contributed by atoms with van der Waals surface area (Å²) in [5.41, 5.74) is 0. The Kier molecular flexibility index (Phi) is 17.8. The van der Waals surface area contributed by atoms with E-state index in [2.05, 4.69) is 5.32 Å². The van der Waals surface area contributed by atoms with Crippen LogP contribution in [0.15, 0.2) is 0 Å². The highest BCUT2D eigenvalue weighted by molar-refractivity contribution is 5.73. The summed E-state index contributed by atoms with van der Waals surface area (Å²) in [4.78, 5) is 57.0. The fourth-order valence-corrected chi connectivity index (χ4v) is 3.45. The summed E-state index contributed by atoms with van der Waals surface area (Å²) in [5, 5.41) is 2.61. The van der Waals surface area contributed by atoms with Gasteiger partial charge in [-0.3, -0.25) is 19.2 Å². The minimum Gasteiger partial charge on any atom is -0.463 e. The van der Waals surface area contributed by atoms with Crippen LogP contribution >= 0.6 is 0 Å². The molecule has 0 aliphatic carbocycles. The number of rotatable bonds is 20. The van der Waals surface area contributed by atoms with Crippen molar-refractivity contribution in [3.63, 3.8) is 0 Å². The lowest BCUT2D eigenvalue weighted by molar-refractivity contribution is -0.279. The molecule has 39 heavy (non-hydrogen) atoms. The Balaban J connectivity index is 2.60. The van der Waals surface area contributed by atoms with Gasteiger partial charge in [-0.05, 0) is 0 Å². The molecule has 5 atom stereocenters. The third kappa shape index (κ3) is 15.5. The van der Waals surface area contributed by atoms with E-state index >= 15 is 0 Å². The molecule has 0 aromatic carbocycles. The zero-order valence-corrected chi connectivity index (χ0v) is 22.8. The fourth-order valence-electron chi connectivity index (χ4n) is 3.45. The molecule has 1 rings (SSSR count). The van der Waals surface area contributed by atoms with E-state index in [4.69, 9.17) is 42.6 Å². The third-order valence-electron chi connectivity index (χ3n) is 4.88. The summed E-state index contributed by atoms with van der Waals surface area (Å²) < 4.78 is 48.5. The SMILES string of the molecule is CC(=O)N[C@H]1[C@H](OCCOCCOCCOCCOCC=O)O[C@H](COC(C)=O)[C@H](OC(C)=O)[C@@H]1OC(C)=O. The zero-order chi connectivity index (χ0) is 29.0. The Morgan fingerprint density at radius 1 is 0.718 bits per heavy atom. The van der Waals surface area contributed by atoms with Crippen LogP contribution in [-0.2, 0) is 66.6 Å². The number of ether oxygens (including phenoxy) is 9. The van der Waals surface area contributed by atoms with E-state index in [1.807, 2.05) is 0 Å². The molecule has 15 nitrogen and oxygen atoms in total. The summed E-state index contributed by atoms with van der Waals surface area (Å²) in [5.74, 6) is -2.46. The molecule has 0 saturated carbocycles. The average molecular weight is 566 g/mol. The highest BCUT2D eigenvalue weighted by atomic mass is 16.7. The van der Waals surface area contributed by atoms with Crippen molar-refractivity contribution in [1.29, 1.82) is 0 Å². The highest BCUT2D eigenvalue weighted by Gasteiger charge is 2.51. The first-order valence-corrected chi connectivity index (χ1v) is 12.4. The minimum absolute atomic E-state index is 0.0238.